The van der Waals surface area contributed by atoms with E-state index in [2.05, 4.69) is 24.5 Å². The first kappa shape index (κ1) is 23.2. The minimum Gasteiger partial charge on any atom is -0.818 e. The van der Waals surface area contributed by atoms with Gasteiger partial charge in [-0.2, -0.15) is 24.6 Å². The van der Waals surface area contributed by atoms with Crippen LogP contribution in [0.3, 0.4) is 0 Å². The summed E-state index contributed by atoms with van der Waals surface area (Å²) in [6.45, 7) is 5.87. The van der Waals surface area contributed by atoms with Crippen molar-refractivity contribution < 1.29 is 33.2 Å². The van der Waals surface area contributed by atoms with Crippen molar-refractivity contribution >= 4 is 41.0 Å². The minimum absolute atomic E-state index is 0. The third-order valence-electron chi connectivity index (χ3n) is 2.01. The number of nitrogens with two attached hydrogens (primary N) is 1. The van der Waals surface area contributed by atoms with Crippen LogP contribution in [0.2, 0.25) is 0 Å². The van der Waals surface area contributed by atoms with Crippen LogP contribution in [0.25, 0.3) is 5.41 Å². The van der Waals surface area contributed by atoms with E-state index in [1.807, 2.05) is 12.1 Å². The summed E-state index contributed by atoms with van der Waals surface area (Å²) in [6.07, 6.45) is 3.05. The van der Waals surface area contributed by atoms with E-state index in [9.17, 15) is 9.59 Å². The number of rotatable bonds is 5. The summed E-state index contributed by atoms with van der Waals surface area (Å²) in [5.74, 6) is 0. The summed E-state index contributed by atoms with van der Waals surface area (Å²) in [7, 11) is 0. The molecule has 0 atom stereocenters. The van der Waals surface area contributed by atoms with Crippen LogP contribution < -0.4 is 29.9 Å². The van der Waals surface area contributed by atoms with E-state index in [-0.39, 0.29) is 29.6 Å². The molecule has 0 aromatic heterocycles. The molecule has 1 rings (SSSR count). The summed E-state index contributed by atoms with van der Waals surface area (Å²) in [5.41, 5.74) is 6.21. The van der Waals surface area contributed by atoms with E-state index < -0.39 is 6.09 Å². The Morgan fingerprint density at radius 1 is 1.57 bits per heavy atom. The molecule has 0 bridgehead atoms. The molecule has 0 spiro atoms. The van der Waals surface area contributed by atoms with Gasteiger partial charge in [-0.3, -0.25) is 0 Å². The van der Waals surface area contributed by atoms with Crippen LogP contribution in [0.4, 0.5) is 10.5 Å². The second-order valence-electron chi connectivity index (χ2n) is 3.75. The molecule has 0 unspecified atom stereocenters. The molecule has 0 aliphatic carbocycles. The van der Waals surface area contributed by atoms with Crippen molar-refractivity contribution in [3.63, 3.8) is 0 Å². The SMILES string of the molecule is [CH2-]c1cccc(NC(=O)OCC)c1.[Li+].[N-]=C(/C=C\[C-]=O)C(N)=S. The monoisotopic (exact) mass is 325 g/mol. The molecule has 0 fully saturated rings. The van der Waals surface area contributed by atoms with Gasteiger partial charge in [0.2, 0.25) is 0 Å². The van der Waals surface area contributed by atoms with Crippen molar-refractivity contribution in [2.75, 3.05) is 11.9 Å². The fourth-order valence-corrected chi connectivity index (χ4v) is 1.20. The Kier molecular flexibility index (Phi) is 13.7. The quantitative estimate of drug-likeness (QED) is 0.247. The van der Waals surface area contributed by atoms with Gasteiger partial charge in [0.1, 0.15) is 0 Å². The normalized spacial score (nSPS) is 8.91. The van der Waals surface area contributed by atoms with Crippen molar-refractivity contribution in [1.82, 2.24) is 0 Å². The number of hydrogen-bond acceptors (Lipinski definition) is 4. The maximum absolute atomic E-state index is 11.0. The summed E-state index contributed by atoms with van der Waals surface area (Å²) in [4.78, 5) is 20.3. The smallest absolute Gasteiger partial charge is 0.818 e. The average molecular weight is 325 g/mol. The molecule has 0 saturated heterocycles. The molecule has 1 aromatic rings. The second-order valence-corrected chi connectivity index (χ2v) is 4.19. The second kappa shape index (κ2) is 13.6. The van der Waals surface area contributed by atoms with Crippen LogP contribution in [-0.4, -0.2) is 29.7 Å². The predicted molar refractivity (Wildman–Crippen MR) is 91.5 cm³/mol. The van der Waals surface area contributed by atoms with Crippen molar-refractivity contribution in [1.29, 1.82) is 0 Å². The van der Waals surface area contributed by atoms with Gasteiger partial charge in [0, 0.05) is 0 Å². The fourth-order valence-electron chi connectivity index (χ4n) is 1.13. The van der Waals surface area contributed by atoms with Gasteiger partial charge in [-0.15, -0.1) is 12.1 Å². The largest absolute Gasteiger partial charge is 1.00 e. The van der Waals surface area contributed by atoms with Crippen LogP contribution in [0.5, 0.6) is 0 Å². The number of ether oxygens (including phenoxy) is 1. The van der Waals surface area contributed by atoms with E-state index in [4.69, 9.17) is 15.9 Å². The van der Waals surface area contributed by atoms with Crippen LogP contribution in [0, 0.1) is 6.92 Å². The number of anilines is 1. The molecular formula is C15H16LiN3O3S-2. The number of thiocarbonyl (C=S) groups is 1. The van der Waals surface area contributed by atoms with Crippen LogP contribution >= 0.6 is 12.2 Å². The van der Waals surface area contributed by atoms with Crippen LogP contribution in [-0.2, 0) is 9.53 Å². The van der Waals surface area contributed by atoms with Crippen molar-refractivity contribution in [3.05, 3.63) is 54.3 Å². The number of benzene rings is 1. The molecule has 1 amide bonds. The molecule has 1 aromatic carbocycles. The number of carbonyl (C=O) groups excluding carboxylic acids is 2. The number of carbonyl (C=O) groups is 1. The Hall–Kier alpha value is -2.07. The maximum Gasteiger partial charge on any atom is 1.00 e. The first-order valence-electron chi connectivity index (χ1n) is 6.16. The first-order chi connectivity index (χ1) is 10.4. The van der Waals surface area contributed by atoms with Crippen molar-refractivity contribution in [2.45, 2.75) is 6.92 Å². The number of allylic oxidation sites excluding steroid dienone is 1. The summed E-state index contributed by atoms with van der Waals surface area (Å²) in [5, 5.41) is 11.2. The molecular weight excluding hydrogens is 309 g/mol. The standard InChI is InChI=1S/C10H12NO2.C5H4N2OS.Li/c1-3-13-10(12)11-9-6-4-5-8(2)7-9;6-4(5(7)9)2-1-3-8;/h4-7H,2-3H2,1H3,(H,11,12);1-2H,(H2,7,9);/q-1;-2;+1/b;2-1-;. The Labute approximate surface area is 153 Å². The molecule has 0 radical (unpaired) electrons. The van der Waals surface area contributed by atoms with Gasteiger partial charge in [0.05, 0.1) is 11.6 Å². The zero-order valence-corrected chi connectivity index (χ0v) is 13.9. The molecule has 0 saturated carbocycles. The Morgan fingerprint density at radius 2 is 2.22 bits per heavy atom. The molecule has 23 heavy (non-hydrogen) atoms. The van der Waals surface area contributed by atoms with Crippen molar-refractivity contribution in [3.8, 4) is 0 Å². The van der Waals surface area contributed by atoms with E-state index in [0.29, 0.717) is 12.3 Å². The van der Waals surface area contributed by atoms with E-state index in [1.54, 1.807) is 19.1 Å². The Bertz CT molecular complexity index is 577. The van der Waals surface area contributed by atoms with Gasteiger partial charge in [-0.25, -0.2) is 16.6 Å². The Morgan fingerprint density at radius 3 is 2.70 bits per heavy atom. The zero-order chi connectivity index (χ0) is 17.0. The maximum atomic E-state index is 11.0. The third kappa shape index (κ3) is 12.2. The van der Waals surface area contributed by atoms with E-state index in [1.165, 1.54) is 6.29 Å². The number of hydrogen-bond donors (Lipinski definition) is 2. The number of amides is 1. The van der Waals surface area contributed by atoms with E-state index in [0.717, 1.165) is 17.7 Å². The van der Waals surface area contributed by atoms with Gasteiger partial charge in [0.15, 0.2) is 0 Å². The Balaban J connectivity index is 0. The third-order valence-corrected chi connectivity index (χ3v) is 2.22. The molecule has 6 nitrogen and oxygen atoms in total. The summed E-state index contributed by atoms with van der Waals surface area (Å²) >= 11 is 4.34. The van der Waals surface area contributed by atoms with Gasteiger partial charge < -0.3 is 26.0 Å². The number of nitrogens with zero attached hydrogens (tertiary/aromatic N) is 1. The van der Waals surface area contributed by atoms with Crippen molar-refractivity contribution in [2.24, 2.45) is 5.73 Å². The molecule has 118 valence electrons. The van der Waals surface area contributed by atoms with Gasteiger partial charge >= 0.3 is 25.0 Å². The summed E-state index contributed by atoms with van der Waals surface area (Å²) in [6, 6.07) is 7.24. The molecule has 0 heterocycles. The fraction of sp³-hybridized carbons (Fsp3) is 0.133. The van der Waals surface area contributed by atoms with Crippen LogP contribution in [0.1, 0.15) is 12.5 Å². The average Bonchev–Trinajstić information content (AvgIpc) is 2.45. The zero-order valence-electron chi connectivity index (χ0n) is 13.0. The molecule has 3 N–H and O–H groups in total. The summed E-state index contributed by atoms with van der Waals surface area (Å²) < 4.78 is 4.72. The van der Waals surface area contributed by atoms with Gasteiger partial charge in [0.25, 0.3) is 0 Å². The minimum atomic E-state index is -0.437. The number of nitrogens with one attached hydrogen (secondary N) is 1. The molecule has 0 aliphatic rings. The topological polar surface area (TPSA) is 104 Å². The molecule has 8 heteroatoms. The van der Waals surface area contributed by atoms with Crippen LogP contribution in [0.15, 0.2) is 36.4 Å². The molecule has 0 aliphatic heterocycles. The van der Waals surface area contributed by atoms with Gasteiger partial charge in [-0.05, 0) is 18.9 Å². The van der Waals surface area contributed by atoms with E-state index >= 15 is 0 Å². The predicted octanol–water partition coefficient (Wildman–Crippen LogP) is -0.610. The first-order valence-corrected chi connectivity index (χ1v) is 6.57. The van der Waals surface area contributed by atoms with Gasteiger partial charge in [-0.1, -0.05) is 18.3 Å².